The van der Waals surface area contributed by atoms with Gasteiger partial charge in [-0.3, -0.25) is 9.59 Å². The highest BCUT2D eigenvalue weighted by Crippen LogP contribution is 2.42. The molecule has 9 heteroatoms. The number of urea groups is 2. The van der Waals surface area contributed by atoms with Gasteiger partial charge in [-0.1, -0.05) is 43.3 Å². The van der Waals surface area contributed by atoms with E-state index < -0.39 is 11.1 Å². The Labute approximate surface area is 197 Å². The van der Waals surface area contributed by atoms with Crippen molar-refractivity contribution < 1.29 is 19.2 Å². The number of carbonyl (C=O) groups excluding carboxylic acids is 4. The van der Waals surface area contributed by atoms with E-state index in [0.29, 0.717) is 30.1 Å². The van der Waals surface area contributed by atoms with Crippen LogP contribution in [-0.2, 0) is 9.59 Å². The topological polar surface area (TPSA) is 125 Å². The number of imide groups is 2. The normalized spacial score (nSPS) is 31.6. The van der Waals surface area contributed by atoms with Crippen LogP contribution in [0.3, 0.4) is 0 Å². The molecule has 2 saturated carbocycles. The van der Waals surface area contributed by atoms with Crippen LogP contribution in [0, 0.1) is 5.92 Å². The van der Waals surface area contributed by atoms with Crippen molar-refractivity contribution in [3.05, 3.63) is 60.7 Å². The van der Waals surface area contributed by atoms with Crippen LogP contribution in [-0.4, -0.2) is 41.0 Å². The molecule has 0 radical (unpaired) electrons. The molecule has 4 fully saturated rings. The zero-order valence-corrected chi connectivity index (χ0v) is 18.9. The molecule has 0 atom stereocenters. The maximum Gasteiger partial charge on any atom is 0.329 e. The number of rotatable bonds is 2. The fourth-order valence-electron chi connectivity index (χ4n) is 5.38. The number of carbonyl (C=O) groups is 4. The average molecular weight is 462 g/mol. The summed E-state index contributed by atoms with van der Waals surface area (Å²) in [5.74, 6) is 0.220. The summed E-state index contributed by atoms with van der Waals surface area (Å²) in [4.78, 5) is 50.8. The number of anilines is 2. The first kappa shape index (κ1) is 22.1. The molecule has 2 spiro atoms. The van der Waals surface area contributed by atoms with Gasteiger partial charge in [-0.25, -0.2) is 19.4 Å². The lowest BCUT2D eigenvalue weighted by Gasteiger charge is -2.40. The molecule has 0 aromatic heterocycles. The highest BCUT2D eigenvalue weighted by molar-refractivity contribution is 6.24. The van der Waals surface area contributed by atoms with E-state index in [1.165, 1.54) is 9.80 Å². The third-order valence-electron chi connectivity index (χ3n) is 6.97. The van der Waals surface area contributed by atoms with Gasteiger partial charge in [0, 0.05) is 6.04 Å². The largest absolute Gasteiger partial charge is 0.329 e. The maximum absolute atomic E-state index is 12.3. The molecule has 4 N–H and O–H groups in total. The summed E-state index contributed by atoms with van der Waals surface area (Å²) >= 11 is 0. The molecule has 2 aromatic carbocycles. The minimum Gasteiger partial charge on any atom is -0.327 e. The third kappa shape index (κ3) is 3.43. The van der Waals surface area contributed by atoms with Gasteiger partial charge in [0.05, 0.1) is 11.4 Å². The molecule has 0 unspecified atom stereocenters. The van der Waals surface area contributed by atoms with Gasteiger partial charge in [-0.15, -0.1) is 0 Å². The second-order valence-corrected chi connectivity index (χ2v) is 9.66. The number of nitrogens with zero attached hydrogens (tertiary/aromatic N) is 2. The van der Waals surface area contributed by atoms with E-state index in [9.17, 15) is 19.2 Å². The molecule has 34 heavy (non-hydrogen) atoms. The van der Waals surface area contributed by atoms with Gasteiger partial charge in [-0.05, 0) is 55.9 Å². The Morgan fingerprint density at radius 1 is 0.706 bits per heavy atom. The van der Waals surface area contributed by atoms with E-state index in [1.54, 1.807) is 36.4 Å². The van der Waals surface area contributed by atoms with Crippen molar-refractivity contribution >= 4 is 35.3 Å². The van der Waals surface area contributed by atoms with Crippen molar-refractivity contribution in [3.63, 3.8) is 0 Å². The molecule has 176 valence electrons. The van der Waals surface area contributed by atoms with Gasteiger partial charge in [0.15, 0.2) is 0 Å². The monoisotopic (exact) mass is 461 g/mol. The predicted molar refractivity (Wildman–Crippen MR) is 126 cm³/mol. The number of hydrogen-bond donors (Lipinski definition) is 3. The maximum atomic E-state index is 12.3. The Kier molecular flexibility index (Phi) is 5.16. The lowest BCUT2D eigenvalue weighted by Crippen LogP contribution is -2.61. The summed E-state index contributed by atoms with van der Waals surface area (Å²) in [5.41, 5.74) is 5.59. The molecule has 0 bridgehead atoms. The van der Waals surface area contributed by atoms with Crippen LogP contribution in [0.2, 0.25) is 0 Å². The third-order valence-corrected chi connectivity index (χ3v) is 6.97. The standard InChI is InChI=1S/C13H14N2O2.C12H13N3O2/c1-9-7-13(8-9)11(16)15(12(17)14-13)10-5-3-2-4-6-10;13-8-6-12(7-8)10(16)15(11(17)14-12)9-4-2-1-3-5-9/h2-6,9H,7-8H2,1H3,(H,14,17);1-5,8H,6-7,13H2,(H,14,17). The first-order valence-corrected chi connectivity index (χ1v) is 11.4. The van der Waals surface area contributed by atoms with E-state index >= 15 is 0 Å². The number of amides is 6. The van der Waals surface area contributed by atoms with Gasteiger partial charge >= 0.3 is 12.1 Å². The summed E-state index contributed by atoms with van der Waals surface area (Å²) in [6, 6.07) is 17.4. The van der Waals surface area contributed by atoms with E-state index in [4.69, 9.17) is 5.73 Å². The Morgan fingerprint density at radius 2 is 1.09 bits per heavy atom. The second kappa shape index (κ2) is 7.95. The van der Waals surface area contributed by atoms with Crippen LogP contribution >= 0.6 is 0 Å². The number of nitrogens with two attached hydrogens (primary N) is 1. The molecular formula is C25H27N5O4. The summed E-state index contributed by atoms with van der Waals surface area (Å²) in [7, 11) is 0. The second-order valence-electron chi connectivity index (χ2n) is 9.66. The molecule has 2 aliphatic heterocycles. The highest BCUT2D eigenvalue weighted by Gasteiger charge is 2.59. The van der Waals surface area contributed by atoms with Crippen LogP contribution in [0.25, 0.3) is 0 Å². The van der Waals surface area contributed by atoms with Crippen molar-refractivity contribution in [2.75, 3.05) is 9.80 Å². The van der Waals surface area contributed by atoms with Gasteiger partial charge in [-0.2, -0.15) is 0 Å². The Bertz CT molecular complexity index is 1050. The van der Waals surface area contributed by atoms with Crippen LogP contribution in [0.15, 0.2) is 60.7 Å². The summed E-state index contributed by atoms with van der Waals surface area (Å²) in [5, 5.41) is 5.59. The minimum atomic E-state index is -0.744. The zero-order valence-electron chi connectivity index (χ0n) is 18.9. The summed E-state index contributed by atoms with van der Waals surface area (Å²) in [6.07, 6.45) is 2.56. The number of benzene rings is 2. The van der Waals surface area contributed by atoms with Crippen molar-refractivity contribution in [2.45, 2.75) is 49.7 Å². The van der Waals surface area contributed by atoms with Gasteiger partial charge in [0.1, 0.15) is 11.1 Å². The van der Waals surface area contributed by atoms with Crippen LogP contribution in [0.1, 0.15) is 32.6 Å². The molecule has 2 saturated heterocycles. The molecule has 6 rings (SSSR count). The van der Waals surface area contributed by atoms with Crippen LogP contribution < -0.4 is 26.2 Å². The van der Waals surface area contributed by atoms with Crippen molar-refractivity contribution in [1.82, 2.24) is 10.6 Å². The van der Waals surface area contributed by atoms with E-state index in [2.05, 4.69) is 17.6 Å². The molecular weight excluding hydrogens is 434 g/mol. The molecule has 2 aliphatic carbocycles. The van der Waals surface area contributed by atoms with Crippen LogP contribution in [0.5, 0.6) is 0 Å². The van der Waals surface area contributed by atoms with Gasteiger partial charge < -0.3 is 16.4 Å². The van der Waals surface area contributed by atoms with E-state index in [0.717, 1.165) is 12.8 Å². The summed E-state index contributed by atoms with van der Waals surface area (Å²) in [6.45, 7) is 2.09. The number of para-hydroxylation sites is 2. The van der Waals surface area contributed by atoms with E-state index in [-0.39, 0.29) is 29.9 Å². The molecule has 2 heterocycles. The molecule has 9 nitrogen and oxygen atoms in total. The minimum absolute atomic E-state index is 0.00923. The van der Waals surface area contributed by atoms with Crippen molar-refractivity contribution in [3.8, 4) is 0 Å². The van der Waals surface area contributed by atoms with Gasteiger partial charge in [0.25, 0.3) is 11.8 Å². The van der Waals surface area contributed by atoms with Crippen molar-refractivity contribution in [1.29, 1.82) is 0 Å². The zero-order chi connectivity index (χ0) is 24.1. The number of nitrogens with one attached hydrogen (secondary N) is 2. The molecule has 6 amide bonds. The Morgan fingerprint density at radius 3 is 1.44 bits per heavy atom. The van der Waals surface area contributed by atoms with Crippen LogP contribution in [0.4, 0.5) is 21.0 Å². The molecule has 4 aliphatic rings. The van der Waals surface area contributed by atoms with E-state index in [1.807, 2.05) is 24.3 Å². The van der Waals surface area contributed by atoms with Gasteiger partial charge in [0.2, 0.25) is 0 Å². The fourth-order valence-corrected chi connectivity index (χ4v) is 5.38. The van der Waals surface area contributed by atoms with Crippen molar-refractivity contribution in [2.24, 2.45) is 11.7 Å². The summed E-state index contributed by atoms with van der Waals surface area (Å²) < 4.78 is 0. The quantitative estimate of drug-likeness (QED) is 0.593. The Hall–Kier alpha value is -3.72. The SMILES string of the molecule is CC1CC2(C1)NC(=O)N(c1ccccc1)C2=O.NC1CC2(C1)NC(=O)N(c1ccccc1)C2=O. The Balaban J connectivity index is 0.000000142. The number of hydrogen-bond acceptors (Lipinski definition) is 5. The average Bonchev–Trinajstić information content (AvgIpc) is 3.19. The fraction of sp³-hybridized carbons (Fsp3) is 0.360. The first-order chi connectivity index (χ1) is 16.2. The highest BCUT2D eigenvalue weighted by atomic mass is 16.2. The lowest BCUT2D eigenvalue weighted by atomic mass is 9.69. The predicted octanol–water partition coefficient (Wildman–Crippen LogP) is 2.51. The lowest BCUT2D eigenvalue weighted by molar-refractivity contribution is -0.126. The molecule has 2 aromatic rings. The first-order valence-electron chi connectivity index (χ1n) is 11.4. The smallest absolute Gasteiger partial charge is 0.327 e.